The van der Waals surface area contributed by atoms with E-state index in [9.17, 15) is 4.79 Å². The number of benzene rings is 3. The third kappa shape index (κ3) is 4.09. The lowest BCUT2D eigenvalue weighted by Crippen LogP contribution is -2.42. The van der Waals surface area contributed by atoms with Crippen molar-refractivity contribution in [1.29, 1.82) is 0 Å². The molecule has 119 valence electrons. The fourth-order valence-corrected chi connectivity index (χ4v) is 5.59. The van der Waals surface area contributed by atoms with Gasteiger partial charge in [-0.2, -0.15) is 0 Å². The van der Waals surface area contributed by atoms with Crippen LogP contribution in [-0.4, -0.2) is 14.6 Å². The minimum atomic E-state index is -0.815. The first-order valence-electron chi connectivity index (χ1n) is 8.30. The van der Waals surface area contributed by atoms with Crippen LogP contribution in [0, 0.1) is 0 Å². The van der Waals surface area contributed by atoms with Crippen molar-refractivity contribution < 1.29 is 4.79 Å². The molecule has 1 nitrogen and oxygen atoms in total. The van der Waals surface area contributed by atoms with Crippen molar-refractivity contribution in [2.24, 2.45) is 0 Å². The number of hydrogen-bond acceptors (Lipinski definition) is 1. The summed E-state index contributed by atoms with van der Waals surface area (Å²) in [5.41, 5.74) is 2.05. The van der Waals surface area contributed by atoms with E-state index in [0.717, 1.165) is 18.0 Å². The first-order valence-corrected chi connectivity index (χ1v) is 10.0. The highest BCUT2D eigenvalue weighted by Crippen LogP contribution is 2.10. The van der Waals surface area contributed by atoms with Crippen molar-refractivity contribution in [3.8, 4) is 0 Å². The normalized spacial score (nSPS) is 10.8. The summed E-state index contributed by atoms with van der Waals surface area (Å²) in [6.07, 6.45) is 0.999. The molecule has 0 unspecified atom stereocenters. The molecule has 0 fully saturated rings. The van der Waals surface area contributed by atoms with E-state index in [-0.39, 0.29) is 5.78 Å². The summed E-state index contributed by atoms with van der Waals surface area (Å²) >= 11 is 0. The predicted octanol–water partition coefficient (Wildman–Crippen LogP) is 3.74. The molecule has 0 aromatic heterocycles. The van der Waals surface area contributed by atoms with Crippen LogP contribution in [0.4, 0.5) is 0 Å². The molecule has 2 heteroatoms. The topological polar surface area (TPSA) is 17.1 Å². The quantitative estimate of drug-likeness (QED) is 0.497. The molecule has 0 saturated carbocycles. The van der Waals surface area contributed by atoms with E-state index in [2.05, 4.69) is 66.7 Å². The molecule has 3 aromatic carbocycles. The summed E-state index contributed by atoms with van der Waals surface area (Å²) in [7, 11) is -0.815. The van der Waals surface area contributed by atoms with Crippen molar-refractivity contribution in [2.45, 2.75) is 19.4 Å². The Kier molecular flexibility index (Phi) is 5.39. The fourth-order valence-electron chi connectivity index (χ4n) is 2.95. The van der Waals surface area contributed by atoms with Crippen LogP contribution in [0.15, 0.2) is 84.9 Å². The van der Waals surface area contributed by atoms with E-state index < -0.39 is 8.80 Å². The van der Waals surface area contributed by atoms with Crippen molar-refractivity contribution in [1.82, 2.24) is 0 Å². The molecular formula is C22H21OSi. The molecule has 0 aliphatic rings. The average molecular weight is 329 g/mol. The molecule has 0 bridgehead atoms. The molecule has 24 heavy (non-hydrogen) atoms. The second-order valence-electron chi connectivity index (χ2n) is 5.97. The predicted molar refractivity (Wildman–Crippen MR) is 103 cm³/mol. The summed E-state index contributed by atoms with van der Waals surface area (Å²) in [5.74, 6) is 0.133. The number of ketones is 1. The van der Waals surface area contributed by atoms with Crippen LogP contribution >= 0.6 is 0 Å². The molecule has 0 amide bonds. The Morgan fingerprint density at radius 3 is 1.92 bits per heavy atom. The van der Waals surface area contributed by atoms with E-state index in [1.807, 2.05) is 18.2 Å². The fraction of sp³-hybridized carbons (Fsp3) is 0.136. The van der Waals surface area contributed by atoms with Crippen LogP contribution in [0.2, 0.25) is 6.04 Å². The maximum Gasteiger partial charge on any atom is 0.159 e. The van der Waals surface area contributed by atoms with Gasteiger partial charge >= 0.3 is 0 Å². The molecule has 0 aliphatic heterocycles. The number of aryl methyl sites for hydroxylation is 1. The first-order chi connectivity index (χ1) is 11.7. The van der Waals surface area contributed by atoms with E-state index in [4.69, 9.17) is 0 Å². The van der Waals surface area contributed by atoms with Crippen LogP contribution in [0.3, 0.4) is 0 Å². The van der Waals surface area contributed by atoms with E-state index in [1.165, 1.54) is 15.9 Å². The lowest BCUT2D eigenvalue weighted by atomic mass is 10.1. The second-order valence-corrected chi connectivity index (χ2v) is 8.58. The Bertz CT molecular complexity index is 757. The Morgan fingerprint density at radius 2 is 1.38 bits per heavy atom. The number of carbonyl (C=O) groups is 1. The van der Waals surface area contributed by atoms with E-state index >= 15 is 0 Å². The standard InChI is InChI=1S/C22H21OSi/c1-18(23)20-10-8-9-19(17-20)15-16-24(21-11-4-2-5-12-21)22-13-6-3-7-14-22/h2-14,17H,15-16H2,1H3. The minimum Gasteiger partial charge on any atom is -0.295 e. The van der Waals surface area contributed by atoms with Gasteiger partial charge in [0.05, 0.1) is 0 Å². The second kappa shape index (κ2) is 7.89. The van der Waals surface area contributed by atoms with Gasteiger partial charge in [0.2, 0.25) is 0 Å². The Morgan fingerprint density at radius 1 is 0.792 bits per heavy atom. The van der Waals surface area contributed by atoms with Crippen LogP contribution in [0.5, 0.6) is 0 Å². The number of Topliss-reactive ketones (excluding diaryl/α,β-unsaturated/α-hetero) is 1. The van der Waals surface area contributed by atoms with Crippen LogP contribution in [-0.2, 0) is 6.42 Å². The van der Waals surface area contributed by atoms with Crippen molar-refractivity contribution in [3.05, 3.63) is 96.1 Å². The largest absolute Gasteiger partial charge is 0.295 e. The SMILES string of the molecule is CC(=O)c1cccc(CC[Si](c2ccccc2)c2ccccc2)c1. The van der Waals surface area contributed by atoms with Crippen LogP contribution in [0.1, 0.15) is 22.8 Å². The van der Waals surface area contributed by atoms with E-state index in [1.54, 1.807) is 6.92 Å². The lowest BCUT2D eigenvalue weighted by Gasteiger charge is -2.16. The number of rotatable bonds is 6. The summed E-state index contributed by atoms with van der Waals surface area (Å²) in [6, 6.07) is 30.8. The highest BCUT2D eigenvalue weighted by atomic mass is 28.3. The third-order valence-corrected chi connectivity index (χ3v) is 7.05. The minimum absolute atomic E-state index is 0.133. The molecule has 0 saturated heterocycles. The van der Waals surface area contributed by atoms with Gasteiger partial charge in [-0.25, -0.2) is 0 Å². The Labute approximate surface area is 145 Å². The molecule has 3 aromatic rings. The van der Waals surface area contributed by atoms with Gasteiger partial charge in [-0.15, -0.1) is 0 Å². The molecule has 0 atom stereocenters. The number of carbonyl (C=O) groups excluding carboxylic acids is 1. The highest BCUT2D eigenvalue weighted by Gasteiger charge is 2.16. The van der Waals surface area contributed by atoms with Crippen LogP contribution < -0.4 is 10.4 Å². The molecular weight excluding hydrogens is 308 g/mol. The monoisotopic (exact) mass is 329 g/mol. The maximum atomic E-state index is 11.6. The third-order valence-electron chi connectivity index (χ3n) is 4.24. The Balaban J connectivity index is 1.83. The summed E-state index contributed by atoms with van der Waals surface area (Å²) < 4.78 is 0. The molecule has 0 spiro atoms. The number of hydrogen-bond donors (Lipinski definition) is 0. The van der Waals surface area contributed by atoms with Crippen molar-refractivity contribution in [3.63, 3.8) is 0 Å². The van der Waals surface area contributed by atoms with Gasteiger partial charge in [0.1, 0.15) is 8.80 Å². The van der Waals surface area contributed by atoms with Crippen molar-refractivity contribution in [2.75, 3.05) is 0 Å². The zero-order valence-electron chi connectivity index (χ0n) is 13.9. The zero-order valence-corrected chi connectivity index (χ0v) is 14.9. The maximum absolute atomic E-state index is 11.6. The zero-order chi connectivity index (χ0) is 16.8. The lowest BCUT2D eigenvalue weighted by molar-refractivity contribution is 0.101. The van der Waals surface area contributed by atoms with Crippen molar-refractivity contribution >= 4 is 25.0 Å². The van der Waals surface area contributed by atoms with Gasteiger partial charge in [0.25, 0.3) is 0 Å². The van der Waals surface area contributed by atoms with Gasteiger partial charge in [0, 0.05) is 5.56 Å². The molecule has 0 N–H and O–H groups in total. The summed E-state index contributed by atoms with van der Waals surface area (Å²) in [5, 5.41) is 2.88. The van der Waals surface area contributed by atoms with Gasteiger partial charge in [0.15, 0.2) is 5.78 Å². The Hall–Kier alpha value is -2.45. The summed E-state index contributed by atoms with van der Waals surface area (Å²) in [6.45, 7) is 1.63. The average Bonchev–Trinajstić information content (AvgIpc) is 2.64. The molecule has 0 aliphatic carbocycles. The van der Waals surface area contributed by atoms with Gasteiger partial charge in [-0.3, -0.25) is 4.79 Å². The first kappa shape index (κ1) is 16.4. The summed E-state index contributed by atoms with van der Waals surface area (Å²) in [4.78, 5) is 11.6. The van der Waals surface area contributed by atoms with Crippen LogP contribution in [0.25, 0.3) is 0 Å². The molecule has 1 radical (unpaired) electrons. The van der Waals surface area contributed by atoms with Gasteiger partial charge in [-0.1, -0.05) is 89.2 Å². The smallest absolute Gasteiger partial charge is 0.159 e. The van der Waals surface area contributed by atoms with Gasteiger partial charge < -0.3 is 0 Å². The molecule has 3 rings (SSSR count). The molecule has 0 heterocycles. The van der Waals surface area contributed by atoms with Gasteiger partial charge in [-0.05, 0) is 31.0 Å². The highest BCUT2D eigenvalue weighted by molar-refractivity contribution is 6.85. The van der Waals surface area contributed by atoms with E-state index in [0.29, 0.717) is 0 Å².